The Morgan fingerprint density at radius 1 is 1.23 bits per heavy atom. The molecule has 0 unspecified atom stereocenters. The third-order valence-corrected chi connectivity index (χ3v) is 3.72. The molecule has 22 heavy (non-hydrogen) atoms. The van der Waals surface area contributed by atoms with Crippen LogP contribution in [0.1, 0.15) is 5.56 Å². The smallest absolute Gasteiger partial charge is 0.231 e. The molecule has 1 heterocycles. The summed E-state index contributed by atoms with van der Waals surface area (Å²) >= 11 is 5.93. The van der Waals surface area contributed by atoms with Crippen LogP contribution in [0, 0.1) is 17.6 Å². The molecule has 6 heteroatoms. The van der Waals surface area contributed by atoms with E-state index in [1.54, 1.807) is 18.2 Å². The van der Waals surface area contributed by atoms with Crippen LogP contribution in [0.5, 0.6) is 5.75 Å². The number of benzene rings is 2. The SMILES string of the molecule is O=C(Nc1ccc(F)cc1F)[C@@H]1COc2ccc(Cl)cc2C1. The number of halogens is 3. The summed E-state index contributed by atoms with van der Waals surface area (Å²) in [5.74, 6) is -1.65. The number of fused-ring (bicyclic) bond motifs is 1. The molecule has 0 spiro atoms. The lowest BCUT2D eigenvalue weighted by Crippen LogP contribution is -2.32. The fourth-order valence-electron chi connectivity index (χ4n) is 2.36. The van der Waals surface area contributed by atoms with E-state index in [0.29, 0.717) is 17.2 Å². The molecule has 2 aromatic carbocycles. The summed E-state index contributed by atoms with van der Waals surface area (Å²) in [6.45, 7) is 0.198. The second-order valence-electron chi connectivity index (χ2n) is 5.08. The average Bonchev–Trinajstić information content (AvgIpc) is 2.49. The van der Waals surface area contributed by atoms with E-state index >= 15 is 0 Å². The summed E-state index contributed by atoms with van der Waals surface area (Å²) in [6.07, 6.45) is 0.449. The minimum Gasteiger partial charge on any atom is -0.492 e. The summed E-state index contributed by atoms with van der Waals surface area (Å²) < 4.78 is 32.0. The minimum atomic E-state index is -0.812. The number of carbonyl (C=O) groups is 1. The third-order valence-electron chi connectivity index (χ3n) is 3.49. The van der Waals surface area contributed by atoms with E-state index in [9.17, 15) is 13.6 Å². The van der Waals surface area contributed by atoms with E-state index in [1.165, 1.54) is 6.07 Å². The van der Waals surface area contributed by atoms with Gasteiger partial charge in [-0.15, -0.1) is 0 Å². The maximum atomic E-state index is 13.6. The molecular formula is C16H12ClF2NO2. The van der Waals surface area contributed by atoms with Gasteiger partial charge in [-0.2, -0.15) is 0 Å². The molecule has 1 N–H and O–H groups in total. The van der Waals surface area contributed by atoms with Gasteiger partial charge in [0.2, 0.25) is 5.91 Å². The lowest BCUT2D eigenvalue weighted by atomic mass is 9.96. The minimum absolute atomic E-state index is 0.0525. The Balaban J connectivity index is 1.74. The summed E-state index contributed by atoms with van der Waals surface area (Å²) in [5.41, 5.74) is 0.779. The van der Waals surface area contributed by atoms with Gasteiger partial charge in [-0.3, -0.25) is 4.79 Å². The quantitative estimate of drug-likeness (QED) is 0.912. The van der Waals surface area contributed by atoms with Crippen molar-refractivity contribution in [3.63, 3.8) is 0 Å². The Kier molecular flexibility index (Phi) is 3.98. The molecule has 0 fully saturated rings. The van der Waals surface area contributed by atoms with Crippen LogP contribution in [0.4, 0.5) is 14.5 Å². The molecule has 1 aliphatic rings. The first-order valence-corrected chi connectivity index (χ1v) is 7.08. The Hall–Kier alpha value is -2.14. The monoisotopic (exact) mass is 323 g/mol. The highest BCUT2D eigenvalue weighted by atomic mass is 35.5. The van der Waals surface area contributed by atoms with Crippen LogP contribution in [0.3, 0.4) is 0 Å². The van der Waals surface area contributed by atoms with E-state index in [1.807, 2.05) is 0 Å². The van der Waals surface area contributed by atoms with Crippen molar-refractivity contribution in [3.8, 4) is 5.75 Å². The van der Waals surface area contributed by atoms with E-state index in [0.717, 1.165) is 17.7 Å². The maximum absolute atomic E-state index is 13.6. The van der Waals surface area contributed by atoms with E-state index in [4.69, 9.17) is 16.3 Å². The second kappa shape index (κ2) is 5.93. The molecule has 0 bridgehead atoms. The summed E-state index contributed by atoms with van der Waals surface area (Å²) in [6, 6.07) is 8.22. The van der Waals surface area contributed by atoms with Crippen molar-refractivity contribution in [3.05, 3.63) is 58.6 Å². The highest BCUT2D eigenvalue weighted by Gasteiger charge is 2.26. The molecule has 0 aliphatic carbocycles. The lowest BCUT2D eigenvalue weighted by molar-refractivity contribution is -0.121. The van der Waals surface area contributed by atoms with Gasteiger partial charge in [0.05, 0.1) is 11.6 Å². The van der Waals surface area contributed by atoms with Gasteiger partial charge in [0.25, 0.3) is 0 Å². The normalized spacial score (nSPS) is 16.6. The Bertz CT molecular complexity index is 736. The van der Waals surface area contributed by atoms with E-state index in [2.05, 4.69) is 5.32 Å². The van der Waals surface area contributed by atoms with Crippen LogP contribution < -0.4 is 10.1 Å². The van der Waals surface area contributed by atoms with Gasteiger partial charge >= 0.3 is 0 Å². The van der Waals surface area contributed by atoms with Crippen molar-refractivity contribution in [2.24, 2.45) is 5.92 Å². The predicted octanol–water partition coefficient (Wildman–Crippen LogP) is 3.81. The Morgan fingerprint density at radius 2 is 2.05 bits per heavy atom. The summed E-state index contributed by atoms with van der Waals surface area (Å²) in [5, 5.41) is 3.02. The lowest BCUT2D eigenvalue weighted by Gasteiger charge is -2.24. The second-order valence-corrected chi connectivity index (χ2v) is 5.51. The number of ether oxygens (including phenoxy) is 1. The molecule has 3 rings (SSSR count). The van der Waals surface area contributed by atoms with Gasteiger partial charge < -0.3 is 10.1 Å². The first-order valence-electron chi connectivity index (χ1n) is 6.70. The first-order chi connectivity index (χ1) is 10.5. The molecule has 114 valence electrons. The summed E-state index contributed by atoms with van der Waals surface area (Å²) in [4.78, 5) is 12.2. The van der Waals surface area contributed by atoms with Crippen LogP contribution in [0.15, 0.2) is 36.4 Å². The molecule has 1 amide bonds. The largest absolute Gasteiger partial charge is 0.492 e. The molecule has 2 aromatic rings. The van der Waals surface area contributed by atoms with Crippen molar-refractivity contribution in [2.45, 2.75) is 6.42 Å². The number of nitrogens with one attached hydrogen (secondary N) is 1. The number of carbonyl (C=O) groups excluding carboxylic acids is 1. The van der Waals surface area contributed by atoms with Crippen LogP contribution in [-0.4, -0.2) is 12.5 Å². The highest BCUT2D eigenvalue weighted by molar-refractivity contribution is 6.30. The number of hydrogen-bond donors (Lipinski definition) is 1. The Morgan fingerprint density at radius 3 is 2.82 bits per heavy atom. The van der Waals surface area contributed by atoms with Crippen LogP contribution in [0.2, 0.25) is 5.02 Å². The van der Waals surface area contributed by atoms with Crippen LogP contribution in [-0.2, 0) is 11.2 Å². The highest BCUT2D eigenvalue weighted by Crippen LogP contribution is 2.30. The molecular weight excluding hydrogens is 312 g/mol. The molecule has 0 radical (unpaired) electrons. The predicted molar refractivity (Wildman–Crippen MR) is 79.1 cm³/mol. The number of rotatable bonds is 2. The van der Waals surface area contributed by atoms with E-state index < -0.39 is 17.6 Å². The van der Waals surface area contributed by atoms with Crippen LogP contribution >= 0.6 is 11.6 Å². The van der Waals surface area contributed by atoms with Crippen LogP contribution in [0.25, 0.3) is 0 Å². The first kappa shape index (κ1) is 14.8. The zero-order valence-corrected chi connectivity index (χ0v) is 12.2. The zero-order valence-electron chi connectivity index (χ0n) is 11.4. The van der Waals surface area contributed by atoms with Gasteiger partial charge in [0.1, 0.15) is 24.0 Å². The molecule has 1 aliphatic heterocycles. The average molecular weight is 324 g/mol. The molecule has 0 saturated carbocycles. The van der Waals surface area contributed by atoms with Gasteiger partial charge in [-0.1, -0.05) is 11.6 Å². The molecule has 0 saturated heterocycles. The van der Waals surface area contributed by atoms with Gasteiger partial charge in [-0.25, -0.2) is 8.78 Å². The number of amides is 1. The fraction of sp³-hybridized carbons (Fsp3) is 0.188. The fourth-order valence-corrected chi connectivity index (χ4v) is 2.55. The van der Waals surface area contributed by atoms with Gasteiger partial charge in [0, 0.05) is 11.1 Å². The molecule has 1 atom stereocenters. The maximum Gasteiger partial charge on any atom is 0.231 e. The van der Waals surface area contributed by atoms with Crippen molar-refractivity contribution in [1.82, 2.24) is 0 Å². The Labute approximate surface area is 130 Å². The standard InChI is InChI=1S/C16H12ClF2NO2/c17-11-1-4-15-9(6-11)5-10(8-22-15)16(21)20-14-3-2-12(18)7-13(14)19/h1-4,6-7,10H,5,8H2,(H,20,21)/t10-/m0/s1. The topological polar surface area (TPSA) is 38.3 Å². The number of hydrogen-bond acceptors (Lipinski definition) is 2. The van der Waals surface area contributed by atoms with E-state index in [-0.39, 0.29) is 18.2 Å². The van der Waals surface area contributed by atoms with Crippen molar-refractivity contribution in [1.29, 1.82) is 0 Å². The van der Waals surface area contributed by atoms with Crippen molar-refractivity contribution < 1.29 is 18.3 Å². The summed E-state index contributed by atoms with van der Waals surface area (Å²) in [7, 11) is 0. The molecule has 0 aromatic heterocycles. The number of anilines is 1. The van der Waals surface area contributed by atoms with Crippen molar-refractivity contribution >= 4 is 23.2 Å². The molecule has 3 nitrogen and oxygen atoms in total. The van der Waals surface area contributed by atoms with Crippen molar-refractivity contribution in [2.75, 3.05) is 11.9 Å². The third kappa shape index (κ3) is 3.04. The van der Waals surface area contributed by atoms with Gasteiger partial charge in [0.15, 0.2) is 0 Å². The van der Waals surface area contributed by atoms with Gasteiger partial charge in [-0.05, 0) is 42.3 Å². The zero-order chi connectivity index (χ0) is 15.7.